The third kappa shape index (κ3) is 2.30. The number of benzene rings is 1. The highest BCUT2D eigenvalue weighted by Crippen LogP contribution is 2.48. The maximum atomic E-state index is 12.8. The predicted molar refractivity (Wildman–Crippen MR) is 77.3 cm³/mol. The number of anilines is 1. The van der Waals surface area contributed by atoms with Crippen molar-refractivity contribution in [2.45, 2.75) is 38.6 Å². The summed E-state index contributed by atoms with van der Waals surface area (Å²) < 4.78 is 0. The van der Waals surface area contributed by atoms with Crippen molar-refractivity contribution in [1.82, 2.24) is 5.32 Å². The van der Waals surface area contributed by atoms with Gasteiger partial charge in [-0.15, -0.1) is 0 Å². The highest BCUT2D eigenvalue weighted by molar-refractivity contribution is 6.14. The first-order chi connectivity index (χ1) is 9.67. The summed E-state index contributed by atoms with van der Waals surface area (Å²) >= 11 is 0. The molecule has 20 heavy (non-hydrogen) atoms. The molecule has 1 aromatic rings. The van der Waals surface area contributed by atoms with Crippen molar-refractivity contribution in [3.8, 4) is 0 Å². The van der Waals surface area contributed by atoms with Gasteiger partial charge < -0.3 is 10.2 Å². The zero-order chi connectivity index (χ0) is 14.2. The summed E-state index contributed by atoms with van der Waals surface area (Å²) in [6, 6.07) is 9.88. The van der Waals surface area contributed by atoms with Gasteiger partial charge in [0.1, 0.15) is 5.41 Å². The van der Waals surface area contributed by atoms with Crippen molar-refractivity contribution < 1.29 is 9.59 Å². The quantitative estimate of drug-likeness (QED) is 0.834. The lowest BCUT2D eigenvalue weighted by Gasteiger charge is -2.25. The maximum Gasteiger partial charge on any atom is 0.242 e. The van der Waals surface area contributed by atoms with Crippen molar-refractivity contribution in [1.29, 1.82) is 0 Å². The number of hydrogen-bond donors (Lipinski definition) is 1. The average molecular weight is 272 g/mol. The van der Waals surface area contributed by atoms with E-state index in [1.165, 1.54) is 0 Å². The Kier molecular flexibility index (Phi) is 3.24. The number of nitrogens with zero attached hydrogens (tertiary/aromatic N) is 1. The second-order valence-corrected chi connectivity index (χ2v) is 5.71. The molecule has 0 bridgehead atoms. The van der Waals surface area contributed by atoms with Gasteiger partial charge in [0.2, 0.25) is 11.8 Å². The van der Waals surface area contributed by atoms with E-state index in [4.69, 9.17) is 0 Å². The number of amides is 2. The first kappa shape index (κ1) is 13.2. The Bertz CT molecular complexity index is 519. The smallest absolute Gasteiger partial charge is 0.242 e. The Morgan fingerprint density at radius 2 is 1.90 bits per heavy atom. The second kappa shape index (κ2) is 4.93. The number of nitrogens with one attached hydrogen (secondary N) is 1. The maximum absolute atomic E-state index is 12.8. The van der Waals surface area contributed by atoms with Crippen LogP contribution >= 0.6 is 0 Å². The molecule has 106 valence electrons. The van der Waals surface area contributed by atoms with Crippen LogP contribution in [-0.2, 0) is 9.59 Å². The summed E-state index contributed by atoms with van der Waals surface area (Å²) in [4.78, 5) is 26.8. The second-order valence-electron chi connectivity index (χ2n) is 5.71. The summed E-state index contributed by atoms with van der Waals surface area (Å²) in [5, 5.41) is 2.98. The molecule has 4 nitrogen and oxygen atoms in total. The first-order valence-corrected chi connectivity index (χ1v) is 7.35. The topological polar surface area (TPSA) is 49.4 Å². The molecule has 2 saturated carbocycles. The minimum atomic E-state index is -0.797. The zero-order valence-electron chi connectivity index (χ0n) is 11.8. The minimum Gasteiger partial charge on any atom is -0.352 e. The molecule has 2 amide bonds. The van der Waals surface area contributed by atoms with Crippen LogP contribution in [0.5, 0.6) is 0 Å². The largest absolute Gasteiger partial charge is 0.352 e. The summed E-state index contributed by atoms with van der Waals surface area (Å²) in [6.45, 7) is 2.53. The van der Waals surface area contributed by atoms with Crippen LogP contribution in [0.15, 0.2) is 30.3 Å². The van der Waals surface area contributed by atoms with Crippen LogP contribution in [0, 0.1) is 5.41 Å². The van der Waals surface area contributed by atoms with Crippen molar-refractivity contribution in [2.75, 3.05) is 11.4 Å². The number of hydrogen-bond acceptors (Lipinski definition) is 2. The Balaban J connectivity index is 1.78. The molecule has 0 aromatic heterocycles. The molecular weight excluding hydrogens is 252 g/mol. The fourth-order valence-corrected chi connectivity index (χ4v) is 2.52. The van der Waals surface area contributed by atoms with Gasteiger partial charge in [-0.1, -0.05) is 18.2 Å². The molecule has 0 unspecified atom stereocenters. The molecule has 4 heteroatoms. The van der Waals surface area contributed by atoms with E-state index in [2.05, 4.69) is 5.32 Å². The lowest BCUT2D eigenvalue weighted by molar-refractivity contribution is -0.135. The van der Waals surface area contributed by atoms with Crippen LogP contribution in [0.3, 0.4) is 0 Å². The van der Waals surface area contributed by atoms with Crippen LogP contribution in [0.4, 0.5) is 5.69 Å². The van der Waals surface area contributed by atoms with E-state index in [0.717, 1.165) is 18.5 Å². The summed E-state index contributed by atoms with van der Waals surface area (Å²) in [5.74, 6) is -0.122. The minimum absolute atomic E-state index is 0.0515. The number of carbonyl (C=O) groups excluding carboxylic acids is 2. The lowest BCUT2D eigenvalue weighted by Crippen LogP contribution is -2.46. The van der Waals surface area contributed by atoms with Crippen LogP contribution < -0.4 is 10.2 Å². The van der Waals surface area contributed by atoms with Gasteiger partial charge in [0.15, 0.2) is 0 Å². The molecule has 0 aliphatic heterocycles. The highest BCUT2D eigenvalue weighted by Gasteiger charge is 2.58. The summed E-state index contributed by atoms with van der Waals surface area (Å²) in [5.41, 5.74) is 0.0690. The predicted octanol–water partition coefficient (Wildman–Crippen LogP) is 2.10. The fraction of sp³-hybridized carbons (Fsp3) is 0.500. The van der Waals surface area contributed by atoms with Gasteiger partial charge in [-0.2, -0.15) is 0 Å². The highest BCUT2D eigenvalue weighted by atomic mass is 16.2. The van der Waals surface area contributed by atoms with Crippen LogP contribution in [-0.4, -0.2) is 24.4 Å². The van der Waals surface area contributed by atoms with Crippen molar-refractivity contribution in [3.05, 3.63) is 30.3 Å². The van der Waals surface area contributed by atoms with E-state index in [0.29, 0.717) is 25.4 Å². The number of para-hydroxylation sites is 1. The van der Waals surface area contributed by atoms with E-state index in [-0.39, 0.29) is 11.8 Å². The Hall–Kier alpha value is -1.84. The molecule has 0 spiro atoms. The normalized spacial score (nSPS) is 19.2. The standard InChI is InChI=1S/C16H20N2O2/c1-2-18(13-6-4-3-5-7-13)15(20)16(10-11-16)14(19)17-12-8-9-12/h3-7,12H,2,8-11H2,1H3,(H,17,19). The monoisotopic (exact) mass is 272 g/mol. The Morgan fingerprint density at radius 3 is 2.40 bits per heavy atom. The number of carbonyl (C=O) groups is 2. The molecule has 1 N–H and O–H groups in total. The molecule has 0 radical (unpaired) electrons. The van der Waals surface area contributed by atoms with Gasteiger partial charge in [0.05, 0.1) is 0 Å². The van der Waals surface area contributed by atoms with E-state index < -0.39 is 5.41 Å². The van der Waals surface area contributed by atoms with Gasteiger partial charge in [-0.05, 0) is 44.7 Å². The molecular formula is C16H20N2O2. The van der Waals surface area contributed by atoms with Gasteiger partial charge >= 0.3 is 0 Å². The average Bonchev–Trinajstić information content (AvgIpc) is 3.35. The molecule has 2 aliphatic carbocycles. The zero-order valence-corrected chi connectivity index (χ0v) is 11.8. The van der Waals surface area contributed by atoms with E-state index in [1.807, 2.05) is 37.3 Å². The Morgan fingerprint density at radius 1 is 1.25 bits per heavy atom. The van der Waals surface area contributed by atoms with Crippen LogP contribution in [0.1, 0.15) is 32.6 Å². The summed E-state index contributed by atoms with van der Waals surface area (Å²) in [6.07, 6.45) is 3.44. The summed E-state index contributed by atoms with van der Waals surface area (Å²) in [7, 11) is 0. The first-order valence-electron chi connectivity index (χ1n) is 7.35. The van der Waals surface area contributed by atoms with Gasteiger partial charge in [0.25, 0.3) is 0 Å². The molecule has 0 heterocycles. The molecule has 3 rings (SSSR count). The fourth-order valence-electron chi connectivity index (χ4n) is 2.52. The molecule has 0 saturated heterocycles. The Labute approximate surface area is 119 Å². The SMILES string of the molecule is CCN(C(=O)C1(C(=O)NC2CC2)CC1)c1ccccc1. The van der Waals surface area contributed by atoms with Gasteiger partial charge in [0, 0.05) is 18.3 Å². The molecule has 0 atom stereocenters. The van der Waals surface area contributed by atoms with Gasteiger partial charge in [-0.25, -0.2) is 0 Å². The molecule has 1 aromatic carbocycles. The van der Waals surface area contributed by atoms with E-state index in [1.54, 1.807) is 4.90 Å². The van der Waals surface area contributed by atoms with Crippen molar-refractivity contribution in [3.63, 3.8) is 0 Å². The lowest BCUT2D eigenvalue weighted by atomic mass is 10.0. The van der Waals surface area contributed by atoms with Crippen molar-refractivity contribution in [2.24, 2.45) is 5.41 Å². The number of rotatable bonds is 5. The van der Waals surface area contributed by atoms with Crippen LogP contribution in [0.2, 0.25) is 0 Å². The van der Waals surface area contributed by atoms with E-state index >= 15 is 0 Å². The molecule has 2 fully saturated rings. The van der Waals surface area contributed by atoms with Crippen molar-refractivity contribution >= 4 is 17.5 Å². The van der Waals surface area contributed by atoms with Crippen LogP contribution in [0.25, 0.3) is 0 Å². The third-order valence-electron chi connectivity index (χ3n) is 4.14. The van der Waals surface area contributed by atoms with Gasteiger partial charge in [-0.3, -0.25) is 9.59 Å². The van der Waals surface area contributed by atoms with E-state index in [9.17, 15) is 9.59 Å². The third-order valence-corrected chi connectivity index (χ3v) is 4.14. The molecule has 2 aliphatic rings.